The van der Waals surface area contributed by atoms with Crippen LogP contribution >= 0.6 is 24.4 Å². The smallest absolute Gasteiger partial charge is 0.170 e. The van der Waals surface area contributed by atoms with E-state index in [9.17, 15) is 0 Å². The Labute approximate surface area is 453 Å². The molecule has 0 aromatic heterocycles. The molecule has 7 rings (SSSR count). The van der Waals surface area contributed by atoms with Gasteiger partial charge in [0.25, 0.3) is 0 Å². The van der Waals surface area contributed by atoms with Gasteiger partial charge in [0, 0.05) is 37.1 Å². The van der Waals surface area contributed by atoms with E-state index in [4.69, 9.17) is 43.4 Å². The number of hydrogen-bond donors (Lipinski definition) is 4. The molecule has 0 spiro atoms. The molecule has 392 valence electrons. The van der Waals surface area contributed by atoms with E-state index < -0.39 is 0 Å². The van der Waals surface area contributed by atoms with Gasteiger partial charge in [0.2, 0.25) is 0 Å². The largest absolute Gasteiger partial charge is 0.496 e. The lowest BCUT2D eigenvalue weighted by molar-refractivity contribution is 0.316. The molecule has 1 aliphatic carbocycles. The predicted octanol–water partition coefficient (Wildman–Crippen LogP) is 14.3. The number of methoxy groups -OCH3 is 2. The molecule has 0 heterocycles. The number of thiocarbonyl (C=S) groups is 2. The fraction of sp³-hybridized carbons (Fsp3) is 0.406. The summed E-state index contributed by atoms with van der Waals surface area (Å²) in [5.41, 5.74) is 14.9. The van der Waals surface area contributed by atoms with E-state index in [1.54, 1.807) is 0 Å². The molecule has 6 aromatic carbocycles. The van der Waals surface area contributed by atoms with Crippen LogP contribution in [-0.4, -0.2) is 50.7 Å². The van der Waals surface area contributed by atoms with Crippen LogP contribution in [-0.2, 0) is 47.3 Å². The lowest BCUT2D eigenvalue weighted by Crippen LogP contribution is -2.32. The van der Waals surface area contributed by atoms with Gasteiger partial charge in [-0.05, 0) is 137 Å². The van der Waals surface area contributed by atoms with E-state index in [1.165, 1.54) is 22.3 Å². The van der Waals surface area contributed by atoms with Crippen LogP contribution in [0.1, 0.15) is 150 Å². The van der Waals surface area contributed by atoms with Crippen LogP contribution in [0.15, 0.2) is 109 Å². The summed E-state index contributed by atoms with van der Waals surface area (Å²) in [4.78, 5) is 0. The van der Waals surface area contributed by atoms with E-state index in [0.717, 1.165) is 78.9 Å². The van der Waals surface area contributed by atoms with Gasteiger partial charge in [-0.3, -0.25) is 0 Å². The monoisotopic (exact) mass is 1030 g/mol. The zero-order valence-electron chi connectivity index (χ0n) is 46.5. The molecular weight excluding hydrogens is 953 g/mol. The number of para-hydroxylation sites is 2. The van der Waals surface area contributed by atoms with E-state index in [1.807, 2.05) is 74.9 Å². The maximum Gasteiger partial charge on any atom is 0.170 e. The van der Waals surface area contributed by atoms with Gasteiger partial charge in [-0.15, -0.1) is 0 Å². The zero-order chi connectivity index (χ0) is 53.6. The Kier molecular flexibility index (Phi) is 17.4. The Morgan fingerprint density at radius 1 is 0.392 bits per heavy atom. The molecule has 0 unspecified atom stereocenters. The molecular formula is C64H80N4O4S2. The highest BCUT2D eigenvalue weighted by Gasteiger charge is 2.29. The maximum absolute atomic E-state index is 7.09. The van der Waals surface area contributed by atoms with Crippen LogP contribution in [0.2, 0.25) is 0 Å². The number of ether oxygens (including phenoxy) is 4. The molecule has 8 nitrogen and oxygen atoms in total. The summed E-state index contributed by atoms with van der Waals surface area (Å²) in [6, 6.07) is 38.8. The number of anilines is 2. The number of benzene rings is 6. The van der Waals surface area contributed by atoms with E-state index >= 15 is 0 Å². The first-order chi connectivity index (χ1) is 34.9. The minimum absolute atomic E-state index is 0.159. The lowest BCUT2D eigenvalue weighted by atomic mass is 9.79. The fourth-order valence-electron chi connectivity index (χ4n) is 9.54. The third kappa shape index (κ3) is 14.2. The first-order valence-corrected chi connectivity index (χ1v) is 26.9. The lowest BCUT2D eigenvalue weighted by Gasteiger charge is -2.29. The summed E-state index contributed by atoms with van der Waals surface area (Å²) in [7, 11) is 3.61. The van der Waals surface area contributed by atoms with E-state index in [-0.39, 0.29) is 21.7 Å². The summed E-state index contributed by atoms with van der Waals surface area (Å²) in [5.74, 6) is 3.47. The van der Waals surface area contributed by atoms with Crippen LogP contribution in [0.4, 0.5) is 11.4 Å². The first-order valence-electron chi connectivity index (χ1n) is 26.1. The van der Waals surface area contributed by atoms with Gasteiger partial charge in [-0.1, -0.05) is 168 Å². The second-order valence-electron chi connectivity index (χ2n) is 23.8. The van der Waals surface area contributed by atoms with Gasteiger partial charge in [-0.25, -0.2) is 0 Å². The molecule has 6 aromatic rings. The second kappa shape index (κ2) is 23.2. The number of rotatable bonds is 12. The molecule has 0 radical (unpaired) electrons. The second-order valence-corrected chi connectivity index (χ2v) is 24.6. The Morgan fingerprint density at radius 2 is 0.635 bits per heavy atom. The highest BCUT2D eigenvalue weighted by Crippen LogP contribution is 2.44. The van der Waals surface area contributed by atoms with Crippen molar-refractivity contribution in [3.63, 3.8) is 0 Å². The molecule has 1 aliphatic rings. The maximum atomic E-state index is 7.09. The molecule has 0 aliphatic heterocycles. The molecule has 74 heavy (non-hydrogen) atoms. The Morgan fingerprint density at radius 3 is 0.865 bits per heavy atom. The van der Waals surface area contributed by atoms with Crippen LogP contribution < -0.4 is 40.2 Å². The van der Waals surface area contributed by atoms with Crippen molar-refractivity contribution in [2.45, 2.75) is 130 Å². The number of nitrogens with one attached hydrogen (secondary N) is 4. The van der Waals surface area contributed by atoms with Gasteiger partial charge >= 0.3 is 0 Å². The van der Waals surface area contributed by atoms with Gasteiger partial charge in [-0.2, -0.15) is 0 Å². The van der Waals surface area contributed by atoms with E-state index in [2.05, 4.69) is 153 Å². The SMILES string of the molecule is COc1c2cc(C(C)(C)C)cc1Cc1cc(C(C)(C)C)cc(c1OCCNC(=S)Nc1ccccc1)Cc1cc(C(C)(C)C)cc(c1OC)Cc1cc(C(C)(C)C)cc(c1OCCNC(=S)Nc1ccccc1)C2. The van der Waals surface area contributed by atoms with Gasteiger partial charge < -0.3 is 40.2 Å². The van der Waals surface area contributed by atoms with Crippen molar-refractivity contribution in [2.24, 2.45) is 0 Å². The Bertz CT molecular complexity index is 2640. The molecule has 0 fully saturated rings. The standard InChI is InChI=1S/C64H80N4O4S2/c1-61(2,3)49-33-41-29-45-37-51(63(7,8)9)39-47(57(45)71-27-25-65-59(73)67-53-21-17-15-18-22-53)31-43-35-50(62(4,5)6)36-44(56(43)70-14)32-48-40-52(64(10,11)12)38-46(30-42(34-49)55(41)69-13)58(48)72-28-26-66-60(74)68-54-23-19-16-20-24-54/h15-24,33-40H,25-32H2,1-14H3,(H2,65,67,73)(H2,66,68,74). The summed E-state index contributed by atoms with van der Waals surface area (Å²) >= 11 is 11.5. The van der Waals surface area contributed by atoms with Crippen molar-refractivity contribution in [3.8, 4) is 23.0 Å². The van der Waals surface area contributed by atoms with Crippen molar-refractivity contribution in [1.29, 1.82) is 0 Å². The van der Waals surface area contributed by atoms with Crippen molar-refractivity contribution >= 4 is 46.0 Å². The Balaban J connectivity index is 1.43. The molecule has 0 atom stereocenters. The van der Waals surface area contributed by atoms with Crippen LogP contribution in [0.3, 0.4) is 0 Å². The summed E-state index contributed by atoms with van der Waals surface area (Å²) < 4.78 is 27.4. The fourth-order valence-corrected chi connectivity index (χ4v) is 9.98. The Hall–Kier alpha value is -6.10. The van der Waals surface area contributed by atoms with Crippen molar-refractivity contribution < 1.29 is 18.9 Å². The normalized spacial score (nSPS) is 12.8. The van der Waals surface area contributed by atoms with Crippen LogP contribution in [0, 0.1) is 0 Å². The van der Waals surface area contributed by atoms with Crippen LogP contribution in [0.25, 0.3) is 0 Å². The van der Waals surface area contributed by atoms with Gasteiger partial charge in [0.05, 0.1) is 27.3 Å². The average molecular weight is 1030 g/mol. The molecule has 10 heteroatoms. The third-order valence-electron chi connectivity index (χ3n) is 13.7. The molecule has 0 amide bonds. The quantitative estimate of drug-likeness (QED) is 0.0701. The van der Waals surface area contributed by atoms with Crippen LogP contribution in [0.5, 0.6) is 23.0 Å². The van der Waals surface area contributed by atoms with Crippen molar-refractivity contribution in [1.82, 2.24) is 10.6 Å². The summed E-state index contributed by atoms with van der Waals surface area (Å²) in [6.45, 7) is 29.2. The topological polar surface area (TPSA) is 85.0 Å². The molecule has 4 N–H and O–H groups in total. The third-order valence-corrected chi connectivity index (χ3v) is 14.2. The molecule has 0 saturated carbocycles. The van der Waals surface area contributed by atoms with Gasteiger partial charge in [0.15, 0.2) is 10.2 Å². The van der Waals surface area contributed by atoms with E-state index in [0.29, 0.717) is 62.2 Å². The number of fused-ring (bicyclic) bond motifs is 8. The first kappa shape index (κ1) is 55.6. The summed E-state index contributed by atoms with van der Waals surface area (Å²) in [6.07, 6.45) is 2.32. The zero-order valence-corrected chi connectivity index (χ0v) is 48.1. The molecule has 8 bridgehead atoms. The average Bonchev–Trinajstić information content (AvgIpc) is 3.31. The minimum Gasteiger partial charge on any atom is -0.496 e. The minimum atomic E-state index is -0.161. The van der Waals surface area contributed by atoms with Gasteiger partial charge in [0.1, 0.15) is 36.2 Å². The predicted molar refractivity (Wildman–Crippen MR) is 317 cm³/mol. The highest BCUT2D eigenvalue weighted by atomic mass is 32.1. The van der Waals surface area contributed by atoms with Crippen molar-refractivity contribution in [2.75, 3.05) is 51.2 Å². The number of hydrogen-bond acceptors (Lipinski definition) is 6. The van der Waals surface area contributed by atoms with Crippen molar-refractivity contribution in [3.05, 3.63) is 176 Å². The molecule has 0 saturated heterocycles. The highest BCUT2D eigenvalue weighted by molar-refractivity contribution is 7.80. The summed E-state index contributed by atoms with van der Waals surface area (Å²) in [5, 5.41) is 14.5.